The third-order valence-electron chi connectivity index (χ3n) is 1.48. The Morgan fingerprint density at radius 2 is 1.93 bits per heavy atom. The van der Waals surface area contributed by atoms with Gasteiger partial charge in [-0.05, 0) is 12.3 Å². The second-order valence-corrected chi connectivity index (χ2v) is 3.16. The largest absolute Gasteiger partial charge is 0.480 e. The number of nitrogens with one attached hydrogen (secondary N) is 1. The maximum absolute atomic E-state index is 10.7. The molecule has 0 saturated heterocycles. The van der Waals surface area contributed by atoms with Crippen molar-refractivity contribution in [2.24, 2.45) is 5.92 Å². The first-order valence-electron chi connectivity index (χ1n) is 4.04. The number of alkyl carbamates (subject to hydrolysis) is 1. The maximum Gasteiger partial charge on any atom is 0.407 e. The van der Waals surface area contributed by atoms with Gasteiger partial charge in [-0.25, -0.2) is 9.59 Å². The molecule has 5 nitrogen and oxygen atoms in total. The van der Waals surface area contributed by atoms with Crippen LogP contribution in [0.5, 0.6) is 0 Å². The highest BCUT2D eigenvalue weighted by Gasteiger charge is 2.20. The van der Waals surface area contributed by atoms with Crippen LogP contribution in [0.15, 0.2) is 0 Å². The van der Waals surface area contributed by atoms with Gasteiger partial charge in [-0.1, -0.05) is 21.3 Å². The van der Waals surface area contributed by atoms with E-state index in [0.29, 0.717) is 6.42 Å². The number of amides is 1. The molecule has 0 aliphatic carbocycles. The number of carboxylic acids is 1. The minimum absolute atomic E-state index is 0. The maximum atomic E-state index is 10.7. The predicted octanol–water partition coefficient (Wildman–Crippen LogP) is 1.48. The summed E-state index contributed by atoms with van der Waals surface area (Å²) in [6.07, 6.45) is -0.321. The normalized spacial score (nSPS) is 11.4. The fourth-order valence-electron chi connectivity index (χ4n) is 0.894. The average molecular weight is 205 g/mol. The third-order valence-corrected chi connectivity index (χ3v) is 1.48. The number of aliphatic carboxylic acids is 1. The van der Waals surface area contributed by atoms with Gasteiger partial charge in [0.05, 0.1) is 7.11 Å². The zero-order valence-corrected chi connectivity index (χ0v) is 8.03. The first-order valence-corrected chi connectivity index (χ1v) is 4.04. The Bertz CT molecular complexity index is 191. The Kier molecular flexibility index (Phi) is 7.80. The number of carbonyl (C=O) groups is 2. The fraction of sp³-hybridized carbons (Fsp3) is 0.778. The quantitative estimate of drug-likeness (QED) is 0.728. The zero-order valence-electron chi connectivity index (χ0n) is 8.03. The first kappa shape index (κ1) is 15.2. The molecule has 84 valence electrons. The van der Waals surface area contributed by atoms with E-state index in [4.69, 9.17) is 5.11 Å². The molecular formula is C9H19NO4. The van der Waals surface area contributed by atoms with Gasteiger partial charge in [0.25, 0.3) is 0 Å². The van der Waals surface area contributed by atoms with Crippen molar-refractivity contribution in [3.05, 3.63) is 0 Å². The van der Waals surface area contributed by atoms with Crippen LogP contribution in [0.4, 0.5) is 4.79 Å². The van der Waals surface area contributed by atoms with Crippen molar-refractivity contribution in [1.82, 2.24) is 5.32 Å². The highest BCUT2D eigenvalue weighted by atomic mass is 16.5. The lowest BCUT2D eigenvalue weighted by atomic mass is 10.0. The van der Waals surface area contributed by atoms with Crippen LogP contribution in [0.3, 0.4) is 0 Å². The van der Waals surface area contributed by atoms with Crippen molar-refractivity contribution in [2.45, 2.75) is 33.7 Å². The molecule has 0 aromatic heterocycles. The zero-order chi connectivity index (χ0) is 10.4. The summed E-state index contributed by atoms with van der Waals surface area (Å²) in [5, 5.41) is 10.9. The van der Waals surface area contributed by atoms with Crippen LogP contribution in [0.1, 0.15) is 27.7 Å². The van der Waals surface area contributed by atoms with Gasteiger partial charge >= 0.3 is 12.1 Å². The van der Waals surface area contributed by atoms with E-state index in [1.807, 2.05) is 13.8 Å². The molecule has 1 atom stereocenters. The Morgan fingerprint density at radius 3 is 2.21 bits per heavy atom. The molecule has 0 radical (unpaired) electrons. The lowest BCUT2D eigenvalue weighted by molar-refractivity contribution is -0.139. The van der Waals surface area contributed by atoms with Gasteiger partial charge in [0.2, 0.25) is 0 Å². The van der Waals surface area contributed by atoms with E-state index in [9.17, 15) is 9.59 Å². The number of carbonyl (C=O) groups excluding carboxylic acids is 1. The third kappa shape index (κ3) is 6.28. The monoisotopic (exact) mass is 205 g/mol. The summed E-state index contributed by atoms with van der Waals surface area (Å²) in [6, 6.07) is -0.868. The average Bonchev–Trinajstić information content (AvgIpc) is 2.02. The summed E-state index contributed by atoms with van der Waals surface area (Å²) < 4.78 is 4.30. The van der Waals surface area contributed by atoms with E-state index in [1.165, 1.54) is 7.11 Å². The Hall–Kier alpha value is -1.26. The van der Waals surface area contributed by atoms with Gasteiger partial charge in [-0.2, -0.15) is 0 Å². The number of hydrogen-bond acceptors (Lipinski definition) is 3. The van der Waals surface area contributed by atoms with Crippen molar-refractivity contribution < 1.29 is 19.4 Å². The number of rotatable bonds is 4. The van der Waals surface area contributed by atoms with E-state index in [2.05, 4.69) is 10.1 Å². The number of methoxy groups -OCH3 is 1. The molecule has 0 bridgehead atoms. The van der Waals surface area contributed by atoms with Crippen LogP contribution in [0.2, 0.25) is 0 Å². The standard InChI is InChI=1S/C8H15NO4.CH4/c1-5(2)4-6(7(10)11)9-8(12)13-3;/h5-6H,4H2,1-3H3,(H,9,12)(H,10,11);1H4/t6-;/m1./s1. The highest BCUT2D eigenvalue weighted by molar-refractivity contribution is 5.79. The van der Waals surface area contributed by atoms with E-state index >= 15 is 0 Å². The lowest BCUT2D eigenvalue weighted by Gasteiger charge is -2.15. The number of carboxylic acid groups (broad SMARTS) is 1. The first-order chi connectivity index (χ1) is 5.97. The fourth-order valence-corrected chi connectivity index (χ4v) is 0.894. The molecule has 5 heteroatoms. The second-order valence-electron chi connectivity index (χ2n) is 3.16. The second kappa shape index (κ2) is 7.17. The summed E-state index contributed by atoms with van der Waals surface area (Å²) >= 11 is 0. The minimum Gasteiger partial charge on any atom is -0.480 e. The van der Waals surface area contributed by atoms with Gasteiger partial charge in [-0.15, -0.1) is 0 Å². The molecule has 0 fully saturated rings. The summed E-state index contributed by atoms with van der Waals surface area (Å²) in [7, 11) is 1.20. The number of ether oxygens (including phenoxy) is 1. The van der Waals surface area contributed by atoms with Crippen LogP contribution in [0.25, 0.3) is 0 Å². The Balaban J connectivity index is 0. The van der Waals surface area contributed by atoms with Gasteiger partial charge in [0.15, 0.2) is 0 Å². The van der Waals surface area contributed by atoms with Crippen molar-refractivity contribution in [1.29, 1.82) is 0 Å². The minimum atomic E-state index is -1.04. The molecular weight excluding hydrogens is 186 g/mol. The van der Waals surface area contributed by atoms with Crippen LogP contribution in [0, 0.1) is 5.92 Å². The lowest BCUT2D eigenvalue weighted by Crippen LogP contribution is -2.41. The van der Waals surface area contributed by atoms with Crippen molar-refractivity contribution in [2.75, 3.05) is 7.11 Å². The van der Waals surface area contributed by atoms with E-state index in [-0.39, 0.29) is 13.3 Å². The van der Waals surface area contributed by atoms with Crippen molar-refractivity contribution >= 4 is 12.1 Å². The summed E-state index contributed by atoms with van der Waals surface area (Å²) in [4.78, 5) is 21.3. The van der Waals surface area contributed by atoms with E-state index < -0.39 is 18.1 Å². The smallest absolute Gasteiger partial charge is 0.407 e. The molecule has 14 heavy (non-hydrogen) atoms. The molecule has 1 amide bonds. The molecule has 0 unspecified atom stereocenters. The molecule has 0 spiro atoms. The molecule has 0 heterocycles. The SMILES string of the molecule is C.COC(=O)N[C@H](CC(C)C)C(=O)O. The van der Waals surface area contributed by atoms with Crippen LogP contribution >= 0.6 is 0 Å². The van der Waals surface area contributed by atoms with Crippen LogP contribution in [-0.2, 0) is 9.53 Å². The summed E-state index contributed by atoms with van der Waals surface area (Å²) in [5.41, 5.74) is 0. The molecule has 0 aromatic rings. The van der Waals surface area contributed by atoms with E-state index in [0.717, 1.165) is 0 Å². The molecule has 0 aliphatic heterocycles. The molecule has 0 aliphatic rings. The summed E-state index contributed by atoms with van der Waals surface area (Å²) in [5.74, 6) is -0.836. The highest BCUT2D eigenvalue weighted by Crippen LogP contribution is 2.04. The topological polar surface area (TPSA) is 75.6 Å². The van der Waals surface area contributed by atoms with Crippen LogP contribution < -0.4 is 5.32 Å². The molecule has 0 saturated carbocycles. The Morgan fingerprint density at radius 1 is 1.43 bits per heavy atom. The molecule has 2 N–H and O–H groups in total. The van der Waals surface area contributed by atoms with Crippen molar-refractivity contribution in [3.8, 4) is 0 Å². The Labute approximate surface area is 84.4 Å². The van der Waals surface area contributed by atoms with Crippen LogP contribution in [-0.4, -0.2) is 30.3 Å². The van der Waals surface area contributed by atoms with Gasteiger partial charge in [-0.3, -0.25) is 0 Å². The van der Waals surface area contributed by atoms with Gasteiger partial charge in [0, 0.05) is 0 Å². The molecule has 0 rings (SSSR count). The molecule has 0 aromatic carbocycles. The van der Waals surface area contributed by atoms with Gasteiger partial charge in [0.1, 0.15) is 6.04 Å². The summed E-state index contributed by atoms with van der Waals surface area (Å²) in [6.45, 7) is 3.77. The predicted molar refractivity (Wildman–Crippen MR) is 53.2 cm³/mol. The van der Waals surface area contributed by atoms with Gasteiger partial charge < -0.3 is 15.2 Å². The van der Waals surface area contributed by atoms with E-state index in [1.54, 1.807) is 0 Å². The number of hydrogen-bond donors (Lipinski definition) is 2. The van der Waals surface area contributed by atoms with Crippen molar-refractivity contribution in [3.63, 3.8) is 0 Å².